The highest BCUT2D eigenvalue weighted by Gasteiger charge is 2.29. The van der Waals surface area contributed by atoms with E-state index >= 15 is 0 Å². The van der Waals surface area contributed by atoms with Gasteiger partial charge in [-0.3, -0.25) is 9.59 Å². The highest BCUT2D eigenvalue weighted by molar-refractivity contribution is 7.90. The van der Waals surface area contributed by atoms with Crippen LogP contribution in [0.5, 0.6) is 0 Å². The van der Waals surface area contributed by atoms with Crippen molar-refractivity contribution in [2.75, 3.05) is 23.3 Å². The van der Waals surface area contributed by atoms with Crippen molar-refractivity contribution in [1.82, 2.24) is 4.72 Å². The number of piperidine rings is 1. The first kappa shape index (κ1) is 21.8. The third-order valence-electron chi connectivity index (χ3n) is 5.87. The second-order valence-corrected chi connectivity index (χ2v) is 10.6. The van der Waals surface area contributed by atoms with E-state index in [9.17, 15) is 18.0 Å². The average molecular weight is 422 g/mol. The Morgan fingerprint density at radius 2 is 1.62 bits per heavy atom. The van der Waals surface area contributed by atoms with Crippen molar-refractivity contribution in [3.05, 3.63) is 24.3 Å². The fraction of sp³-hybridized carbons (Fsp3) is 0.619. The monoisotopic (exact) mass is 421 g/mol. The van der Waals surface area contributed by atoms with Crippen LogP contribution in [0.4, 0.5) is 11.4 Å². The van der Waals surface area contributed by atoms with Crippen LogP contribution < -0.4 is 14.9 Å². The summed E-state index contributed by atoms with van der Waals surface area (Å²) in [5.74, 6) is 0.214. The summed E-state index contributed by atoms with van der Waals surface area (Å²) in [5, 5.41) is 2.53. The largest absolute Gasteiger partial charge is 0.371 e. The summed E-state index contributed by atoms with van der Waals surface area (Å²) in [6.07, 6.45) is 3.89. The molecule has 3 rings (SSSR count). The summed E-state index contributed by atoms with van der Waals surface area (Å²) < 4.78 is 26.8. The Morgan fingerprint density at radius 3 is 2.17 bits per heavy atom. The van der Waals surface area contributed by atoms with Gasteiger partial charge in [-0.05, 0) is 63.8 Å². The average Bonchev–Trinajstić information content (AvgIpc) is 2.69. The van der Waals surface area contributed by atoms with Crippen molar-refractivity contribution in [3.8, 4) is 0 Å². The predicted molar refractivity (Wildman–Crippen MR) is 114 cm³/mol. The number of hydrogen-bond acceptors (Lipinski definition) is 5. The molecule has 7 nitrogen and oxygen atoms in total. The molecular weight excluding hydrogens is 390 g/mol. The van der Waals surface area contributed by atoms with E-state index in [1.807, 2.05) is 24.3 Å². The number of carbonyl (C=O) groups excluding carboxylic acids is 2. The molecule has 29 heavy (non-hydrogen) atoms. The number of rotatable bonds is 6. The highest BCUT2D eigenvalue weighted by atomic mass is 32.2. The van der Waals surface area contributed by atoms with Crippen molar-refractivity contribution in [2.24, 2.45) is 5.92 Å². The van der Waals surface area contributed by atoms with E-state index in [0.717, 1.165) is 24.5 Å². The minimum Gasteiger partial charge on any atom is -0.371 e. The molecule has 0 aromatic heterocycles. The molecule has 2 aliphatic rings. The Morgan fingerprint density at radius 1 is 1.03 bits per heavy atom. The van der Waals surface area contributed by atoms with Gasteiger partial charge in [-0.25, -0.2) is 13.1 Å². The maximum Gasteiger partial charge on any atom is 0.227 e. The quantitative estimate of drug-likeness (QED) is 0.736. The van der Waals surface area contributed by atoms with Crippen molar-refractivity contribution < 1.29 is 18.0 Å². The fourth-order valence-corrected chi connectivity index (χ4v) is 4.83. The molecule has 1 saturated carbocycles. The van der Waals surface area contributed by atoms with Gasteiger partial charge in [0.2, 0.25) is 15.9 Å². The number of benzene rings is 1. The Labute approximate surface area is 173 Å². The van der Waals surface area contributed by atoms with Crippen molar-refractivity contribution in [2.45, 2.75) is 63.7 Å². The molecule has 1 amide bonds. The number of anilines is 2. The third-order valence-corrected chi connectivity index (χ3v) is 7.77. The summed E-state index contributed by atoms with van der Waals surface area (Å²) in [5.41, 5.74) is 1.82. The first-order valence-electron chi connectivity index (χ1n) is 10.4. The van der Waals surface area contributed by atoms with Crippen LogP contribution in [0.2, 0.25) is 0 Å². The lowest BCUT2D eigenvalue weighted by Gasteiger charge is -2.29. The second-order valence-electron chi connectivity index (χ2n) is 8.32. The SMILES string of the molecule is CC(C)S(=O)(=O)NC1CCC(C(=O)Nc2ccc(N3CCC(=O)CC3)cc2)CC1. The van der Waals surface area contributed by atoms with Crippen molar-refractivity contribution >= 4 is 33.1 Å². The molecule has 1 aliphatic heterocycles. The molecule has 0 spiro atoms. The molecule has 0 radical (unpaired) electrons. The van der Waals surface area contributed by atoms with E-state index in [4.69, 9.17) is 0 Å². The van der Waals surface area contributed by atoms with Gasteiger partial charge in [0.05, 0.1) is 5.25 Å². The summed E-state index contributed by atoms with van der Waals surface area (Å²) in [6, 6.07) is 7.66. The van der Waals surface area contributed by atoms with Crippen LogP contribution in [0.25, 0.3) is 0 Å². The van der Waals surface area contributed by atoms with Crippen molar-refractivity contribution in [3.63, 3.8) is 0 Å². The van der Waals surface area contributed by atoms with Gasteiger partial charge in [0, 0.05) is 49.3 Å². The normalized spacial score (nSPS) is 23.3. The zero-order valence-electron chi connectivity index (χ0n) is 17.2. The standard InChI is InChI=1S/C21H31N3O4S/c1-15(2)29(27,28)23-18-5-3-16(4-6-18)21(26)22-17-7-9-19(10-8-17)24-13-11-20(25)12-14-24/h7-10,15-16,18,23H,3-6,11-14H2,1-2H3,(H,22,26). The lowest BCUT2D eigenvalue weighted by atomic mass is 9.86. The number of nitrogens with one attached hydrogen (secondary N) is 2. The summed E-state index contributed by atoms with van der Waals surface area (Å²) in [7, 11) is -3.27. The van der Waals surface area contributed by atoms with E-state index in [1.54, 1.807) is 13.8 Å². The summed E-state index contributed by atoms with van der Waals surface area (Å²) >= 11 is 0. The van der Waals surface area contributed by atoms with Gasteiger partial charge in [0.15, 0.2) is 0 Å². The molecule has 1 saturated heterocycles. The Kier molecular flexibility index (Phi) is 6.95. The van der Waals surface area contributed by atoms with Gasteiger partial charge >= 0.3 is 0 Å². The minimum absolute atomic E-state index is 0.00788. The molecule has 2 N–H and O–H groups in total. The molecule has 0 unspecified atom stereocenters. The molecule has 8 heteroatoms. The first-order valence-corrected chi connectivity index (χ1v) is 12.0. The topological polar surface area (TPSA) is 95.6 Å². The van der Waals surface area contributed by atoms with Gasteiger partial charge < -0.3 is 10.2 Å². The van der Waals surface area contributed by atoms with Crippen molar-refractivity contribution in [1.29, 1.82) is 0 Å². The molecule has 0 bridgehead atoms. The molecule has 2 fully saturated rings. The van der Waals surface area contributed by atoms with Gasteiger partial charge in [-0.2, -0.15) is 0 Å². The summed E-state index contributed by atoms with van der Waals surface area (Å²) in [6.45, 7) is 4.82. The van der Waals surface area contributed by atoms with E-state index in [-0.39, 0.29) is 17.9 Å². The van der Waals surface area contributed by atoms with Crippen LogP contribution in [-0.2, 0) is 19.6 Å². The number of amides is 1. The number of hydrogen-bond donors (Lipinski definition) is 2. The zero-order chi connectivity index (χ0) is 21.0. The van der Waals surface area contributed by atoms with Crippen LogP contribution in [-0.4, -0.2) is 44.5 Å². The van der Waals surface area contributed by atoms with Gasteiger partial charge in [0.25, 0.3) is 0 Å². The van der Waals surface area contributed by atoms with Gasteiger partial charge in [-0.1, -0.05) is 0 Å². The fourth-order valence-electron chi connectivity index (χ4n) is 3.86. The van der Waals surface area contributed by atoms with Crippen LogP contribution >= 0.6 is 0 Å². The molecule has 1 aromatic rings. The maximum absolute atomic E-state index is 12.6. The minimum atomic E-state index is -3.27. The second kappa shape index (κ2) is 9.26. The first-order chi connectivity index (χ1) is 13.7. The molecule has 0 atom stereocenters. The summed E-state index contributed by atoms with van der Waals surface area (Å²) in [4.78, 5) is 26.2. The number of Topliss-reactive ketones (excluding diaryl/α,β-unsaturated/α-hetero) is 1. The highest BCUT2D eigenvalue weighted by Crippen LogP contribution is 2.27. The zero-order valence-corrected chi connectivity index (χ0v) is 18.0. The van der Waals surface area contributed by atoms with E-state index in [2.05, 4.69) is 14.9 Å². The Hall–Kier alpha value is -1.93. The number of carbonyl (C=O) groups is 2. The van der Waals surface area contributed by atoms with Crippen LogP contribution in [0.15, 0.2) is 24.3 Å². The Balaban J connectivity index is 1.48. The van der Waals surface area contributed by atoms with Crippen LogP contribution in [0, 0.1) is 5.92 Å². The lowest BCUT2D eigenvalue weighted by Crippen LogP contribution is -2.42. The predicted octanol–water partition coefficient (Wildman–Crippen LogP) is 2.68. The smallest absolute Gasteiger partial charge is 0.227 e. The lowest BCUT2D eigenvalue weighted by molar-refractivity contribution is -0.121. The molecule has 1 heterocycles. The van der Waals surface area contributed by atoms with Gasteiger partial charge in [-0.15, -0.1) is 0 Å². The Bertz CT molecular complexity index is 818. The molecule has 1 aromatic carbocycles. The van der Waals surface area contributed by atoms with Crippen LogP contribution in [0.3, 0.4) is 0 Å². The number of sulfonamides is 1. The number of ketones is 1. The van der Waals surface area contributed by atoms with Crippen LogP contribution in [0.1, 0.15) is 52.4 Å². The third kappa shape index (κ3) is 5.79. The number of nitrogens with zero attached hydrogens (tertiary/aromatic N) is 1. The molecule has 160 valence electrons. The molecule has 1 aliphatic carbocycles. The van der Waals surface area contributed by atoms with E-state index in [0.29, 0.717) is 44.3 Å². The maximum atomic E-state index is 12.6. The van der Waals surface area contributed by atoms with Gasteiger partial charge in [0.1, 0.15) is 5.78 Å². The molecular formula is C21H31N3O4S. The van der Waals surface area contributed by atoms with E-state index < -0.39 is 15.3 Å². The van der Waals surface area contributed by atoms with E-state index in [1.165, 1.54) is 0 Å².